The van der Waals surface area contributed by atoms with E-state index in [0.29, 0.717) is 88.3 Å². The maximum Gasteiger partial charge on any atom is 0.187 e. The van der Waals surface area contributed by atoms with Gasteiger partial charge in [0.2, 0.25) is 0 Å². The first kappa shape index (κ1) is 54.8. The lowest BCUT2D eigenvalue weighted by molar-refractivity contribution is -0.304. The average molecular weight is 1020 g/mol. The molecule has 8 N–H and O–H groups in total. The van der Waals surface area contributed by atoms with Crippen LogP contribution in [0.4, 0.5) is 0 Å². The van der Waals surface area contributed by atoms with Crippen molar-refractivity contribution in [1.82, 2.24) is 0 Å². The number of aliphatic hydroxyl groups is 8. The van der Waals surface area contributed by atoms with Gasteiger partial charge in [-0.25, -0.2) is 0 Å². The Labute approximate surface area is 427 Å². The lowest BCUT2D eigenvalue weighted by atomic mass is 9.88. The molecule has 0 aromatic heterocycles. The fourth-order valence-electron chi connectivity index (χ4n) is 10.1. The third kappa shape index (κ3) is 12.6. The Balaban J connectivity index is 1.33. The van der Waals surface area contributed by atoms with E-state index in [1.807, 2.05) is 24.3 Å². The summed E-state index contributed by atoms with van der Waals surface area (Å²) in [7, 11) is 0. The van der Waals surface area contributed by atoms with Crippen molar-refractivity contribution in [2.45, 2.75) is 167 Å². The molecule has 0 radical (unpaired) electrons. The van der Waals surface area contributed by atoms with Gasteiger partial charge in [-0.15, -0.1) is 0 Å². The molecular formula is C56H74O17. The monoisotopic (exact) mass is 1020 g/mol. The molecule has 0 spiro atoms. The molecule has 0 unspecified atom stereocenters. The summed E-state index contributed by atoms with van der Waals surface area (Å²) in [5, 5.41) is 83.9. The molecule has 0 saturated carbocycles. The molecule has 10 atom stereocenters. The minimum atomic E-state index is -1.60. The minimum Gasteiger partial charge on any atom is -0.493 e. The van der Waals surface area contributed by atoms with E-state index >= 15 is 0 Å². The summed E-state index contributed by atoms with van der Waals surface area (Å²) in [5.74, 6) is 2.83. The van der Waals surface area contributed by atoms with Crippen LogP contribution in [-0.2, 0) is 75.8 Å². The second-order valence-corrected chi connectivity index (χ2v) is 19.6. The highest BCUT2D eigenvalue weighted by Crippen LogP contribution is 2.42. The molecule has 4 aromatic carbocycles. The van der Waals surface area contributed by atoms with Crippen molar-refractivity contribution >= 4 is 0 Å². The maximum absolute atomic E-state index is 10.9. The van der Waals surface area contributed by atoms with Crippen molar-refractivity contribution < 1.29 is 83.5 Å². The zero-order valence-electron chi connectivity index (χ0n) is 42.4. The second-order valence-electron chi connectivity index (χ2n) is 19.6. The van der Waals surface area contributed by atoms with Gasteiger partial charge in [-0.3, -0.25) is 0 Å². The van der Waals surface area contributed by atoms with Crippen LogP contribution in [0, 0.1) is 0 Å². The van der Waals surface area contributed by atoms with Crippen LogP contribution in [0.25, 0.3) is 0 Å². The van der Waals surface area contributed by atoms with E-state index in [1.165, 1.54) is 0 Å². The minimum absolute atomic E-state index is 0.0584. The van der Waals surface area contributed by atoms with Crippen molar-refractivity contribution in [2.75, 3.05) is 39.6 Å². The fourth-order valence-corrected chi connectivity index (χ4v) is 10.1. The van der Waals surface area contributed by atoms with Crippen LogP contribution in [0.5, 0.6) is 23.0 Å². The highest BCUT2D eigenvalue weighted by atomic mass is 16.7. The van der Waals surface area contributed by atoms with Crippen LogP contribution >= 0.6 is 0 Å². The first-order valence-corrected chi connectivity index (χ1v) is 25.9. The predicted molar refractivity (Wildman–Crippen MR) is 266 cm³/mol. The highest BCUT2D eigenvalue weighted by Gasteiger charge is 2.45. The Morgan fingerprint density at radius 1 is 0.411 bits per heavy atom. The van der Waals surface area contributed by atoms with Gasteiger partial charge in [-0.2, -0.15) is 0 Å². The lowest BCUT2D eigenvalue weighted by Crippen LogP contribution is -2.59. The summed E-state index contributed by atoms with van der Waals surface area (Å²) < 4.78 is 57.6. The van der Waals surface area contributed by atoms with E-state index in [1.54, 1.807) is 0 Å². The molecular weight excluding hydrogens is 945 g/mol. The van der Waals surface area contributed by atoms with Gasteiger partial charge in [0.25, 0.3) is 0 Å². The Morgan fingerprint density at radius 2 is 0.699 bits per heavy atom. The lowest BCUT2D eigenvalue weighted by Gasteiger charge is -2.39. The summed E-state index contributed by atoms with van der Waals surface area (Å²) >= 11 is 0. The third-order valence-corrected chi connectivity index (χ3v) is 13.6. The molecule has 0 aliphatic carbocycles. The van der Waals surface area contributed by atoms with Crippen molar-refractivity contribution in [3.63, 3.8) is 0 Å². The van der Waals surface area contributed by atoms with Gasteiger partial charge in [-0.05, 0) is 141 Å². The van der Waals surface area contributed by atoms with E-state index in [0.717, 1.165) is 92.4 Å². The molecule has 0 amide bonds. The van der Waals surface area contributed by atoms with Gasteiger partial charge in [0, 0.05) is 25.7 Å². The number of aliphatic hydroxyl groups excluding tert-OH is 8. The van der Waals surface area contributed by atoms with Crippen LogP contribution in [0.2, 0.25) is 0 Å². The first-order chi connectivity index (χ1) is 35.4. The van der Waals surface area contributed by atoms with Crippen LogP contribution < -0.4 is 18.9 Å². The zero-order chi connectivity index (χ0) is 51.8. The molecule has 2 saturated heterocycles. The van der Waals surface area contributed by atoms with Gasteiger partial charge in [0.1, 0.15) is 71.8 Å². The second kappa shape index (κ2) is 25.4. The standard InChI is InChI=1S/C56H74O17/c1-5-9-66-51-35-13-31-14-36(51)22-40-18-34(30-71-56-50(64)48(62)46(60)44(26-58)73-56)20-42(54(40)69-12-8-4)24-38-16-32(28-65-27-31)15-37(52(38)67-10-6-2)23-41-19-33(17-39(21-35)53(41)68-11-7-3)29-70-55-49(63)47(61)45(59)43(25-57)72-55/h13-20,43-50,55-64H,5-12,21-30H2,1-4H3/t43-,44-,45-,46-,47+,48+,49-,50-,55-,56-/m1/s1. The van der Waals surface area contributed by atoms with Crippen LogP contribution in [0.1, 0.15) is 120 Å². The fraction of sp³-hybridized carbons (Fsp3) is 0.571. The van der Waals surface area contributed by atoms with E-state index in [2.05, 4.69) is 52.0 Å². The number of fused-ring (bicyclic) bond motifs is 10. The van der Waals surface area contributed by atoms with Gasteiger partial charge in [-0.1, -0.05) is 27.7 Å². The van der Waals surface area contributed by atoms with Crippen LogP contribution in [-0.4, -0.2) is 142 Å². The number of ether oxygens (including phenoxy) is 9. The Kier molecular flexibility index (Phi) is 19.1. The largest absolute Gasteiger partial charge is 0.493 e. The molecule has 4 heterocycles. The summed E-state index contributed by atoms with van der Waals surface area (Å²) in [6.07, 6.45) is -9.91. The zero-order valence-corrected chi connectivity index (χ0v) is 42.4. The van der Waals surface area contributed by atoms with E-state index in [9.17, 15) is 40.9 Å². The van der Waals surface area contributed by atoms with E-state index in [-0.39, 0.29) is 13.2 Å². The smallest absolute Gasteiger partial charge is 0.187 e. The number of rotatable bonds is 20. The number of hydrogen-bond acceptors (Lipinski definition) is 17. The SMILES string of the molecule is CCCOc1c2cc3cc1Cc1cc(CO[C@@H]4O[C@H](CO)[C@@H](O)[C@H](O)[C@H]4O)cc(c1OCCC)Cc1cc(cc(c1OCCC)Cc1cc(CO[C@@H]4O[C@H](CO)[C@@H](O)[C@H](O)[C@H]4O)cc(c1OCCC)C2)COC3. The molecule has 17 heteroatoms. The van der Waals surface area contributed by atoms with Crippen LogP contribution in [0.15, 0.2) is 48.5 Å². The molecule has 8 rings (SSSR count). The molecule has 10 bridgehead atoms. The van der Waals surface area contributed by atoms with Crippen molar-refractivity contribution in [3.8, 4) is 23.0 Å². The van der Waals surface area contributed by atoms with Gasteiger partial charge in [0.15, 0.2) is 12.6 Å². The van der Waals surface area contributed by atoms with Crippen molar-refractivity contribution in [1.29, 1.82) is 0 Å². The molecule has 4 aliphatic rings. The molecule has 73 heavy (non-hydrogen) atoms. The Hall–Kier alpha value is -4.44. The number of benzene rings is 4. The summed E-state index contributed by atoms with van der Waals surface area (Å²) in [6, 6.07) is 16.5. The van der Waals surface area contributed by atoms with Crippen molar-refractivity contribution in [3.05, 3.63) is 115 Å². The Morgan fingerprint density at radius 3 is 0.973 bits per heavy atom. The highest BCUT2D eigenvalue weighted by molar-refractivity contribution is 5.58. The molecule has 4 aromatic rings. The molecule has 4 aliphatic heterocycles. The maximum atomic E-state index is 10.9. The molecule has 2 fully saturated rings. The average Bonchev–Trinajstić information content (AvgIpc) is 3.37. The van der Waals surface area contributed by atoms with E-state index in [4.69, 9.17) is 42.6 Å². The third-order valence-electron chi connectivity index (χ3n) is 13.6. The molecule has 17 nitrogen and oxygen atoms in total. The number of hydrogen-bond donors (Lipinski definition) is 8. The normalized spacial score (nSPS) is 25.8. The van der Waals surface area contributed by atoms with Gasteiger partial charge >= 0.3 is 0 Å². The molecule has 400 valence electrons. The summed E-state index contributed by atoms with van der Waals surface area (Å²) in [6.45, 7) is 9.29. The van der Waals surface area contributed by atoms with Gasteiger partial charge in [0.05, 0.1) is 66.1 Å². The quantitative estimate of drug-likeness (QED) is 0.0545. The Bertz CT molecular complexity index is 2190. The van der Waals surface area contributed by atoms with Crippen LogP contribution in [0.3, 0.4) is 0 Å². The van der Waals surface area contributed by atoms with Gasteiger partial charge < -0.3 is 83.5 Å². The predicted octanol–water partition coefficient (Wildman–Crippen LogP) is 4.18. The first-order valence-electron chi connectivity index (χ1n) is 25.9. The topological polar surface area (TPSA) is 245 Å². The van der Waals surface area contributed by atoms with Crippen molar-refractivity contribution in [2.24, 2.45) is 0 Å². The summed E-state index contributed by atoms with van der Waals surface area (Å²) in [5.41, 5.74) is 10.2. The summed E-state index contributed by atoms with van der Waals surface area (Å²) in [4.78, 5) is 0. The van der Waals surface area contributed by atoms with E-state index < -0.39 is 74.6 Å².